The van der Waals surface area contributed by atoms with Crippen LogP contribution >= 0.6 is 0 Å². The van der Waals surface area contributed by atoms with Crippen molar-refractivity contribution in [1.82, 2.24) is 24.6 Å². The molecule has 0 radical (unpaired) electrons. The van der Waals surface area contributed by atoms with E-state index < -0.39 is 0 Å². The van der Waals surface area contributed by atoms with Crippen molar-refractivity contribution in [3.8, 4) is 78.9 Å². The van der Waals surface area contributed by atoms with Crippen molar-refractivity contribution < 1.29 is 4.42 Å². The SMILES string of the molecule is c1ccc(-c2nc(-c3cccc(-c4c(-c5ccccc5)n5nc(-c6ccccc6)c(-c6ccccc6)c5c5ccccc45)c3)nc(-c3cccc4c3oc3ccccc34)n2)cc1. The quantitative estimate of drug-likeness (QED) is 0.161. The maximum absolute atomic E-state index is 6.50. The average molecular weight is 794 g/mol. The van der Waals surface area contributed by atoms with Crippen LogP contribution in [0.5, 0.6) is 0 Å². The zero-order valence-corrected chi connectivity index (χ0v) is 33.4. The lowest BCUT2D eigenvalue weighted by molar-refractivity contribution is 0.669. The van der Waals surface area contributed by atoms with Crippen molar-refractivity contribution >= 4 is 38.2 Å². The number of para-hydroxylation sites is 2. The molecule has 6 nitrogen and oxygen atoms in total. The number of pyridine rings is 1. The predicted molar refractivity (Wildman–Crippen MR) is 251 cm³/mol. The summed E-state index contributed by atoms with van der Waals surface area (Å²) in [5, 5.41) is 9.85. The Kier molecular flexibility index (Phi) is 8.38. The molecule has 12 rings (SSSR count). The second-order valence-corrected chi connectivity index (χ2v) is 15.4. The van der Waals surface area contributed by atoms with E-state index in [1.165, 1.54) is 0 Å². The van der Waals surface area contributed by atoms with Gasteiger partial charge in [0.15, 0.2) is 17.5 Å². The summed E-state index contributed by atoms with van der Waals surface area (Å²) in [4.78, 5) is 15.5. The van der Waals surface area contributed by atoms with Gasteiger partial charge in [0.2, 0.25) is 0 Å². The average Bonchev–Trinajstić information content (AvgIpc) is 3.94. The fraction of sp³-hybridized carbons (Fsp3) is 0. The molecule has 0 amide bonds. The molecule has 0 spiro atoms. The molecule has 0 aliphatic carbocycles. The molecule has 4 aromatic heterocycles. The molecule has 0 aliphatic heterocycles. The van der Waals surface area contributed by atoms with Gasteiger partial charge in [-0.05, 0) is 34.7 Å². The number of hydrogen-bond donors (Lipinski definition) is 0. The summed E-state index contributed by atoms with van der Waals surface area (Å²) in [6, 6.07) is 73.3. The van der Waals surface area contributed by atoms with Crippen LogP contribution in [0.25, 0.3) is 117 Å². The van der Waals surface area contributed by atoms with E-state index in [-0.39, 0.29) is 0 Å². The molecule has 0 fully saturated rings. The standard InChI is InChI=1S/C56H35N5O/c1-5-19-36(20-6-1)49-50(37-21-7-2-8-22-37)60-61-51(38-23-9-3-10-24-38)48(43-30-13-14-31-44(43)52(49)61)40-27-17-28-41(35-40)55-57-54(39-25-11-4-12-26-39)58-56(59-55)46-33-18-32-45-42-29-15-16-34-47(42)62-53(45)46/h1-35H. The highest BCUT2D eigenvalue weighted by Crippen LogP contribution is 2.46. The van der Waals surface area contributed by atoms with Gasteiger partial charge in [-0.25, -0.2) is 19.5 Å². The number of rotatable bonds is 7. The van der Waals surface area contributed by atoms with Gasteiger partial charge in [-0.15, -0.1) is 0 Å². The van der Waals surface area contributed by atoms with Crippen molar-refractivity contribution in [2.75, 3.05) is 0 Å². The van der Waals surface area contributed by atoms with E-state index in [4.69, 9.17) is 24.5 Å². The summed E-state index contributed by atoms with van der Waals surface area (Å²) >= 11 is 0. The van der Waals surface area contributed by atoms with Crippen LogP contribution in [0, 0.1) is 0 Å². The normalized spacial score (nSPS) is 11.5. The van der Waals surface area contributed by atoms with E-state index in [9.17, 15) is 0 Å². The van der Waals surface area contributed by atoms with E-state index in [1.807, 2.05) is 60.7 Å². The third-order valence-electron chi connectivity index (χ3n) is 11.7. The maximum Gasteiger partial charge on any atom is 0.167 e. The maximum atomic E-state index is 6.50. The Morgan fingerprint density at radius 3 is 1.60 bits per heavy atom. The minimum absolute atomic E-state index is 0.541. The van der Waals surface area contributed by atoms with Gasteiger partial charge in [-0.1, -0.05) is 194 Å². The van der Waals surface area contributed by atoms with Gasteiger partial charge in [0, 0.05) is 49.5 Å². The van der Waals surface area contributed by atoms with E-state index in [0.29, 0.717) is 17.5 Å². The Labute approximate surface area is 357 Å². The van der Waals surface area contributed by atoms with Gasteiger partial charge < -0.3 is 4.42 Å². The third kappa shape index (κ3) is 5.88. The lowest BCUT2D eigenvalue weighted by Gasteiger charge is -2.18. The highest BCUT2D eigenvalue weighted by atomic mass is 16.3. The van der Waals surface area contributed by atoms with Crippen LogP contribution < -0.4 is 0 Å². The van der Waals surface area contributed by atoms with Crippen molar-refractivity contribution in [1.29, 1.82) is 0 Å². The van der Waals surface area contributed by atoms with Crippen LogP contribution in [0.4, 0.5) is 0 Å². The predicted octanol–water partition coefficient (Wildman–Crippen LogP) is 14.2. The Morgan fingerprint density at radius 1 is 0.355 bits per heavy atom. The molecule has 8 aromatic carbocycles. The molecule has 0 aliphatic rings. The first-order valence-electron chi connectivity index (χ1n) is 20.7. The largest absolute Gasteiger partial charge is 0.455 e. The van der Waals surface area contributed by atoms with Gasteiger partial charge in [-0.2, -0.15) is 5.10 Å². The molecule has 12 aromatic rings. The third-order valence-corrected chi connectivity index (χ3v) is 11.7. The molecule has 6 heteroatoms. The second kappa shape index (κ2) is 14.7. The summed E-state index contributed by atoms with van der Waals surface area (Å²) in [6.45, 7) is 0. The summed E-state index contributed by atoms with van der Waals surface area (Å²) in [7, 11) is 0. The van der Waals surface area contributed by atoms with E-state index in [0.717, 1.165) is 99.7 Å². The second-order valence-electron chi connectivity index (χ2n) is 15.4. The summed E-state index contributed by atoms with van der Waals surface area (Å²) < 4.78 is 8.67. The van der Waals surface area contributed by atoms with Crippen molar-refractivity contribution in [3.05, 3.63) is 212 Å². The molecule has 0 saturated heterocycles. The smallest absolute Gasteiger partial charge is 0.167 e. The van der Waals surface area contributed by atoms with E-state index in [2.05, 4.69) is 156 Å². The number of furan rings is 1. The monoisotopic (exact) mass is 793 g/mol. The van der Waals surface area contributed by atoms with E-state index in [1.54, 1.807) is 0 Å². The number of fused-ring (bicyclic) bond motifs is 6. The molecule has 0 saturated carbocycles. The number of nitrogens with zero attached hydrogens (tertiary/aromatic N) is 5. The molecule has 62 heavy (non-hydrogen) atoms. The van der Waals surface area contributed by atoms with Gasteiger partial charge in [0.25, 0.3) is 0 Å². The lowest BCUT2D eigenvalue weighted by atomic mass is 9.90. The summed E-state index contributed by atoms with van der Waals surface area (Å²) in [6.07, 6.45) is 0. The first kappa shape index (κ1) is 35.5. The van der Waals surface area contributed by atoms with Crippen molar-refractivity contribution in [2.45, 2.75) is 0 Å². The van der Waals surface area contributed by atoms with Crippen LogP contribution in [0.15, 0.2) is 217 Å². The molecular weight excluding hydrogens is 759 g/mol. The molecule has 290 valence electrons. The fourth-order valence-corrected chi connectivity index (χ4v) is 8.88. The lowest BCUT2D eigenvalue weighted by Crippen LogP contribution is -2.02. The van der Waals surface area contributed by atoms with Crippen LogP contribution in [0.3, 0.4) is 0 Å². The number of aromatic nitrogens is 5. The van der Waals surface area contributed by atoms with Crippen molar-refractivity contribution in [2.24, 2.45) is 0 Å². The topological polar surface area (TPSA) is 69.1 Å². The molecule has 0 atom stereocenters. The van der Waals surface area contributed by atoms with Crippen LogP contribution in [0.1, 0.15) is 0 Å². The molecule has 0 N–H and O–H groups in total. The van der Waals surface area contributed by atoms with Gasteiger partial charge in [-0.3, -0.25) is 0 Å². The minimum Gasteiger partial charge on any atom is -0.455 e. The number of hydrogen-bond acceptors (Lipinski definition) is 5. The van der Waals surface area contributed by atoms with Gasteiger partial charge >= 0.3 is 0 Å². The Hall–Kier alpha value is -8.48. The fourth-order valence-electron chi connectivity index (χ4n) is 8.88. The molecule has 0 unspecified atom stereocenters. The number of benzene rings is 8. The van der Waals surface area contributed by atoms with Crippen LogP contribution in [-0.2, 0) is 0 Å². The van der Waals surface area contributed by atoms with Crippen LogP contribution in [-0.4, -0.2) is 24.6 Å². The highest BCUT2D eigenvalue weighted by molar-refractivity contribution is 6.15. The van der Waals surface area contributed by atoms with Crippen molar-refractivity contribution in [3.63, 3.8) is 0 Å². The Balaban J connectivity index is 1.13. The minimum atomic E-state index is 0.541. The van der Waals surface area contributed by atoms with Crippen LogP contribution in [0.2, 0.25) is 0 Å². The first-order chi connectivity index (χ1) is 30.8. The Morgan fingerprint density at radius 2 is 0.871 bits per heavy atom. The zero-order valence-electron chi connectivity index (χ0n) is 33.4. The first-order valence-corrected chi connectivity index (χ1v) is 20.7. The van der Waals surface area contributed by atoms with Gasteiger partial charge in [0.1, 0.15) is 16.9 Å². The Bertz CT molecular complexity index is 3620. The summed E-state index contributed by atoms with van der Waals surface area (Å²) in [5.74, 6) is 1.69. The summed E-state index contributed by atoms with van der Waals surface area (Å²) in [5.41, 5.74) is 13.5. The molecule has 4 heterocycles. The highest BCUT2D eigenvalue weighted by Gasteiger charge is 2.26. The zero-order chi connectivity index (χ0) is 41.0. The van der Waals surface area contributed by atoms with Gasteiger partial charge in [0.05, 0.1) is 16.8 Å². The molecular formula is C56H35N5O. The van der Waals surface area contributed by atoms with E-state index >= 15 is 0 Å². The molecule has 0 bridgehead atoms.